The third kappa shape index (κ3) is 4.77. The molecule has 3 amide bonds. The normalized spacial score (nSPS) is 17.1. The number of allylic oxidation sites excluding steroid dienone is 1. The number of piperidine rings is 1. The molecule has 2 aliphatic rings. The Kier molecular flexibility index (Phi) is 5.94. The SMILES string of the molecule is NC(=O)Nc1ccc2c(c1)C(=Cc1cc(C(=O)NCCN3CCCCC3)c[nH]1)C=N2. The number of urea groups is 1. The molecule has 2 aliphatic heterocycles. The lowest BCUT2D eigenvalue weighted by atomic mass is 10.1. The molecule has 0 saturated carbocycles. The fraction of sp³-hybridized carbons (Fsp3) is 0.318. The van der Waals surface area contributed by atoms with E-state index in [1.54, 1.807) is 18.5 Å². The number of fused-ring (bicyclic) bond motifs is 1. The number of benzene rings is 1. The van der Waals surface area contributed by atoms with Gasteiger partial charge in [0.2, 0.25) is 0 Å². The molecule has 156 valence electrons. The summed E-state index contributed by atoms with van der Waals surface area (Å²) >= 11 is 0. The number of nitrogens with two attached hydrogens (primary N) is 1. The Morgan fingerprint density at radius 2 is 2.03 bits per heavy atom. The van der Waals surface area contributed by atoms with Crippen LogP contribution in [-0.2, 0) is 0 Å². The number of aromatic nitrogens is 1. The highest BCUT2D eigenvalue weighted by atomic mass is 16.2. The highest BCUT2D eigenvalue weighted by Crippen LogP contribution is 2.34. The first-order chi connectivity index (χ1) is 14.6. The maximum absolute atomic E-state index is 12.4. The molecule has 0 spiro atoms. The van der Waals surface area contributed by atoms with Gasteiger partial charge in [-0.05, 0) is 56.3 Å². The monoisotopic (exact) mass is 406 g/mol. The van der Waals surface area contributed by atoms with Gasteiger partial charge in [-0.25, -0.2) is 4.79 Å². The van der Waals surface area contributed by atoms with E-state index in [0.717, 1.165) is 42.2 Å². The second-order valence-corrected chi connectivity index (χ2v) is 7.58. The van der Waals surface area contributed by atoms with Crippen molar-refractivity contribution in [2.45, 2.75) is 19.3 Å². The van der Waals surface area contributed by atoms with Crippen LogP contribution >= 0.6 is 0 Å². The number of primary amides is 1. The lowest BCUT2D eigenvalue weighted by molar-refractivity contribution is 0.0946. The van der Waals surface area contributed by atoms with E-state index in [0.29, 0.717) is 17.8 Å². The van der Waals surface area contributed by atoms with Crippen molar-refractivity contribution in [2.24, 2.45) is 10.7 Å². The minimum absolute atomic E-state index is 0.0821. The molecule has 1 aromatic carbocycles. The Morgan fingerprint density at radius 1 is 1.20 bits per heavy atom. The van der Waals surface area contributed by atoms with Gasteiger partial charge >= 0.3 is 6.03 Å². The molecule has 30 heavy (non-hydrogen) atoms. The molecule has 3 heterocycles. The van der Waals surface area contributed by atoms with Gasteiger partial charge in [0.05, 0.1) is 11.3 Å². The smallest absolute Gasteiger partial charge is 0.316 e. The van der Waals surface area contributed by atoms with Crippen molar-refractivity contribution in [1.82, 2.24) is 15.2 Å². The second kappa shape index (κ2) is 8.96. The summed E-state index contributed by atoms with van der Waals surface area (Å²) in [5.41, 5.74) is 9.80. The van der Waals surface area contributed by atoms with E-state index >= 15 is 0 Å². The largest absolute Gasteiger partial charge is 0.361 e. The number of amides is 3. The van der Waals surface area contributed by atoms with Gasteiger partial charge in [-0.3, -0.25) is 9.79 Å². The lowest BCUT2D eigenvalue weighted by Gasteiger charge is -2.26. The molecular weight excluding hydrogens is 380 g/mol. The van der Waals surface area contributed by atoms with Crippen LogP contribution in [0.1, 0.15) is 40.9 Å². The first-order valence-electron chi connectivity index (χ1n) is 10.2. The fourth-order valence-corrected chi connectivity index (χ4v) is 3.83. The van der Waals surface area contributed by atoms with Crippen LogP contribution in [0.3, 0.4) is 0 Å². The number of aromatic amines is 1. The Balaban J connectivity index is 1.39. The van der Waals surface area contributed by atoms with Gasteiger partial charge in [0, 0.05) is 48.0 Å². The van der Waals surface area contributed by atoms with E-state index in [4.69, 9.17) is 5.73 Å². The molecule has 1 fully saturated rings. The number of hydrogen-bond acceptors (Lipinski definition) is 4. The summed E-state index contributed by atoms with van der Waals surface area (Å²) in [6.07, 6.45) is 9.20. The Labute approximate surface area is 175 Å². The summed E-state index contributed by atoms with van der Waals surface area (Å²) in [6, 6.07) is 6.62. The Morgan fingerprint density at radius 3 is 2.83 bits per heavy atom. The first-order valence-corrected chi connectivity index (χ1v) is 10.2. The lowest BCUT2D eigenvalue weighted by Crippen LogP contribution is -2.37. The summed E-state index contributed by atoms with van der Waals surface area (Å²) < 4.78 is 0. The van der Waals surface area contributed by atoms with E-state index < -0.39 is 6.03 Å². The fourth-order valence-electron chi connectivity index (χ4n) is 3.83. The van der Waals surface area contributed by atoms with E-state index in [-0.39, 0.29) is 5.91 Å². The summed E-state index contributed by atoms with van der Waals surface area (Å²) in [6.45, 7) is 3.78. The van der Waals surface area contributed by atoms with Crippen LogP contribution in [-0.4, -0.2) is 54.2 Å². The maximum Gasteiger partial charge on any atom is 0.316 e. The Bertz CT molecular complexity index is 1000. The van der Waals surface area contributed by atoms with E-state index in [1.807, 2.05) is 24.3 Å². The van der Waals surface area contributed by atoms with Crippen LogP contribution in [0.2, 0.25) is 0 Å². The molecule has 0 unspecified atom stereocenters. The molecule has 0 radical (unpaired) electrons. The number of anilines is 1. The topological polar surface area (TPSA) is 116 Å². The van der Waals surface area contributed by atoms with Gasteiger partial charge in [0.1, 0.15) is 0 Å². The number of aliphatic imine (C=N–C) groups is 1. The second-order valence-electron chi connectivity index (χ2n) is 7.58. The summed E-state index contributed by atoms with van der Waals surface area (Å²) in [5, 5.41) is 5.57. The number of rotatable bonds is 6. The zero-order valence-electron chi connectivity index (χ0n) is 16.8. The van der Waals surface area contributed by atoms with Crippen LogP contribution in [0.4, 0.5) is 16.2 Å². The van der Waals surface area contributed by atoms with Gasteiger partial charge in [-0.2, -0.15) is 0 Å². The summed E-state index contributed by atoms with van der Waals surface area (Å²) in [7, 11) is 0. The number of likely N-dealkylation sites (tertiary alicyclic amines) is 1. The zero-order valence-corrected chi connectivity index (χ0v) is 16.8. The van der Waals surface area contributed by atoms with Crippen molar-refractivity contribution in [1.29, 1.82) is 0 Å². The zero-order chi connectivity index (χ0) is 20.9. The third-order valence-corrected chi connectivity index (χ3v) is 5.36. The van der Waals surface area contributed by atoms with Gasteiger partial charge in [-0.15, -0.1) is 0 Å². The molecule has 4 rings (SSSR count). The maximum atomic E-state index is 12.4. The summed E-state index contributed by atoms with van der Waals surface area (Å²) in [4.78, 5) is 33.4. The highest BCUT2D eigenvalue weighted by Gasteiger charge is 2.15. The van der Waals surface area contributed by atoms with Crippen molar-refractivity contribution < 1.29 is 9.59 Å². The molecule has 5 N–H and O–H groups in total. The van der Waals surface area contributed by atoms with Crippen LogP contribution in [0, 0.1) is 0 Å². The van der Waals surface area contributed by atoms with E-state index in [1.165, 1.54) is 19.3 Å². The van der Waals surface area contributed by atoms with Crippen LogP contribution < -0.4 is 16.4 Å². The van der Waals surface area contributed by atoms with Gasteiger partial charge in [0.25, 0.3) is 5.91 Å². The average Bonchev–Trinajstić information content (AvgIpc) is 3.36. The molecular formula is C22H26N6O2. The van der Waals surface area contributed by atoms with Gasteiger partial charge < -0.3 is 26.3 Å². The predicted molar refractivity (Wildman–Crippen MR) is 119 cm³/mol. The number of carbonyl (C=O) groups excluding carboxylic acids is 2. The third-order valence-electron chi connectivity index (χ3n) is 5.36. The average molecular weight is 406 g/mol. The molecule has 1 saturated heterocycles. The van der Waals surface area contributed by atoms with Crippen LogP contribution in [0.15, 0.2) is 35.5 Å². The quantitative estimate of drug-likeness (QED) is 0.591. The molecule has 0 bridgehead atoms. The van der Waals surface area contributed by atoms with Gasteiger partial charge in [0.15, 0.2) is 0 Å². The molecule has 8 nitrogen and oxygen atoms in total. The summed E-state index contributed by atoms with van der Waals surface area (Å²) in [5.74, 6) is -0.0821. The van der Waals surface area contributed by atoms with Crippen molar-refractivity contribution in [3.8, 4) is 0 Å². The number of nitrogens with zero attached hydrogens (tertiary/aromatic N) is 2. The predicted octanol–water partition coefficient (Wildman–Crippen LogP) is 2.98. The first kappa shape index (κ1) is 19.9. The van der Waals surface area contributed by atoms with Crippen molar-refractivity contribution in [3.05, 3.63) is 47.3 Å². The van der Waals surface area contributed by atoms with Crippen LogP contribution in [0.25, 0.3) is 11.6 Å². The number of carbonyl (C=O) groups is 2. The minimum atomic E-state index is -0.611. The number of hydrogen-bond donors (Lipinski definition) is 4. The Hall–Kier alpha value is -3.39. The van der Waals surface area contributed by atoms with Crippen molar-refractivity contribution in [2.75, 3.05) is 31.5 Å². The number of H-pyrrole nitrogens is 1. The van der Waals surface area contributed by atoms with Crippen LogP contribution in [0.5, 0.6) is 0 Å². The van der Waals surface area contributed by atoms with Crippen molar-refractivity contribution >= 4 is 41.2 Å². The molecule has 0 atom stereocenters. The van der Waals surface area contributed by atoms with E-state index in [2.05, 4.69) is 25.5 Å². The van der Waals surface area contributed by atoms with E-state index in [9.17, 15) is 9.59 Å². The minimum Gasteiger partial charge on any atom is -0.361 e. The van der Waals surface area contributed by atoms with Gasteiger partial charge in [-0.1, -0.05) is 6.42 Å². The number of nitrogens with one attached hydrogen (secondary N) is 3. The molecule has 1 aromatic heterocycles. The standard InChI is InChI=1S/C22H26N6O2/c23-22(30)27-17-4-5-20-19(12-17)15(13-26-20)10-18-11-16(14-25-18)21(29)24-6-9-28-7-2-1-3-8-28/h4-5,10-14,25H,1-3,6-9H2,(H,24,29)(H3,23,27,30). The molecule has 0 aliphatic carbocycles. The molecule has 8 heteroatoms. The highest BCUT2D eigenvalue weighted by molar-refractivity contribution is 6.21. The molecule has 2 aromatic rings. The van der Waals surface area contributed by atoms with Crippen molar-refractivity contribution in [3.63, 3.8) is 0 Å².